The normalized spacial score (nSPS) is 10.8. The van der Waals surface area contributed by atoms with Gasteiger partial charge in [-0.3, -0.25) is 9.78 Å². The molecule has 0 amide bonds. The van der Waals surface area contributed by atoms with Gasteiger partial charge in [0.25, 0.3) is 0 Å². The van der Waals surface area contributed by atoms with Gasteiger partial charge in [0.1, 0.15) is 11.4 Å². The van der Waals surface area contributed by atoms with Gasteiger partial charge in [0.15, 0.2) is 12.4 Å². The van der Waals surface area contributed by atoms with Crippen LogP contribution in [0.4, 0.5) is 0 Å². The molecule has 0 unspecified atom stereocenters. The summed E-state index contributed by atoms with van der Waals surface area (Å²) in [6.07, 6.45) is 8.57. The van der Waals surface area contributed by atoms with E-state index in [1.807, 2.05) is 48.7 Å². The second-order valence-electron chi connectivity index (χ2n) is 7.04. The van der Waals surface area contributed by atoms with Gasteiger partial charge in [0, 0.05) is 35.3 Å². The SMILES string of the molecule is COC(=O)COc1ccc(C(=O)/C=C/c2cn(-c3ccccc3)nc2-c2ccncc2)cc1. The van der Waals surface area contributed by atoms with Gasteiger partial charge < -0.3 is 9.47 Å². The van der Waals surface area contributed by atoms with Crippen molar-refractivity contribution in [3.05, 3.63) is 103 Å². The van der Waals surface area contributed by atoms with Crippen LogP contribution in [0.5, 0.6) is 5.75 Å². The number of allylic oxidation sites excluding steroid dienone is 1. The molecule has 33 heavy (non-hydrogen) atoms. The number of ketones is 1. The molecule has 0 saturated carbocycles. The van der Waals surface area contributed by atoms with Gasteiger partial charge in [-0.05, 0) is 60.7 Å². The number of benzene rings is 2. The maximum atomic E-state index is 12.7. The molecular weight excluding hydrogens is 418 g/mol. The van der Waals surface area contributed by atoms with Crippen LogP contribution >= 0.6 is 0 Å². The van der Waals surface area contributed by atoms with Crippen LogP contribution in [0.25, 0.3) is 23.0 Å². The Kier molecular flexibility index (Phi) is 6.70. The van der Waals surface area contributed by atoms with Gasteiger partial charge in [0.05, 0.1) is 12.8 Å². The van der Waals surface area contributed by atoms with Crippen LogP contribution in [-0.2, 0) is 9.53 Å². The van der Waals surface area contributed by atoms with Gasteiger partial charge in [-0.25, -0.2) is 9.48 Å². The van der Waals surface area contributed by atoms with E-state index in [2.05, 4.69) is 9.72 Å². The van der Waals surface area contributed by atoms with Gasteiger partial charge in [0.2, 0.25) is 0 Å². The van der Waals surface area contributed by atoms with E-state index in [0.29, 0.717) is 11.3 Å². The van der Waals surface area contributed by atoms with Crippen molar-refractivity contribution < 1.29 is 19.1 Å². The summed E-state index contributed by atoms with van der Waals surface area (Å²) in [5, 5.41) is 4.73. The minimum atomic E-state index is -0.473. The van der Waals surface area contributed by atoms with Crippen molar-refractivity contribution in [1.29, 1.82) is 0 Å². The van der Waals surface area contributed by atoms with Crippen LogP contribution in [0.1, 0.15) is 15.9 Å². The van der Waals surface area contributed by atoms with Crippen molar-refractivity contribution in [3.63, 3.8) is 0 Å². The third-order valence-electron chi connectivity index (χ3n) is 4.85. The summed E-state index contributed by atoms with van der Waals surface area (Å²) < 4.78 is 11.6. The summed E-state index contributed by atoms with van der Waals surface area (Å²) in [6.45, 7) is -0.188. The van der Waals surface area contributed by atoms with E-state index in [1.54, 1.807) is 47.4 Å². The maximum absolute atomic E-state index is 12.7. The molecule has 2 aromatic carbocycles. The van der Waals surface area contributed by atoms with Crippen molar-refractivity contribution in [2.24, 2.45) is 0 Å². The summed E-state index contributed by atoms with van der Waals surface area (Å²) in [5.74, 6) is -0.160. The fourth-order valence-electron chi connectivity index (χ4n) is 3.13. The summed E-state index contributed by atoms with van der Waals surface area (Å²) >= 11 is 0. The molecule has 0 bridgehead atoms. The van der Waals surface area contributed by atoms with E-state index in [-0.39, 0.29) is 12.4 Å². The molecule has 0 spiro atoms. The number of hydrogen-bond donors (Lipinski definition) is 0. The van der Waals surface area contributed by atoms with Crippen LogP contribution in [0.3, 0.4) is 0 Å². The average molecular weight is 439 g/mol. The highest BCUT2D eigenvalue weighted by Crippen LogP contribution is 2.24. The fraction of sp³-hybridized carbons (Fsp3) is 0.0769. The van der Waals surface area contributed by atoms with E-state index >= 15 is 0 Å². The average Bonchev–Trinajstić information content (AvgIpc) is 3.31. The lowest BCUT2D eigenvalue weighted by atomic mass is 10.1. The van der Waals surface area contributed by atoms with E-state index in [0.717, 1.165) is 22.5 Å². The summed E-state index contributed by atoms with van der Waals surface area (Å²) in [7, 11) is 1.30. The highest BCUT2D eigenvalue weighted by atomic mass is 16.6. The first-order chi connectivity index (χ1) is 16.1. The molecule has 0 fully saturated rings. The van der Waals surface area contributed by atoms with Crippen molar-refractivity contribution >= 4 is 17.8 Å². The van der Waals surface area contributed by atoms with Crippen LogP contribution in [0, 0.1) is 0 Å². The lowest BCUT2D eigenvalue weighted by Gasteiger charge is -2.05. The van der Waals surface area contributed by atoms with Crippen molar-refractivity contribution in [2.45, 2.75) is 0 Å². The first-order valence-electron chi connectivity index (χ1n) is 10.2. The number of methoxy groups -OCH3 is 1. The standard InChI is InChI=1S/C26H21N3O4/c1-32-25(31)18-33-23-10-7-19(8-11-23)24(30)12-9-21-17-29(22-5-3-2-4-6-22)28-26(21)20-13-15-27-16-14-20/h2-17H,18H2,1H3/b12-9+. The number of hydrogen-bond acceptors (Lipinski definition) is 6. The number of carbonyl (C=O) groups excluding carboxylic acids is 2. The Labute approximate surface area is 190 Å². The van der Waals surface area contributed by atoms with E-state index < -0.39 is 5.97 Å². The second kappa shape index (κ2) is 10.2. The van der Waals surface area contributed by atoms with Gasteiger partial charge in [-0.1, -0.05) is 18.2 Å². The number of pyridine rings is 1. The summed E-state index contributed by atoms with van der Waals surface area (Å²) in [5.41, 5.74) is 3.87. The fourth-order valence-corrected chi connectivity index (χ4v) is 3.13. The Hall–Kier alpha value is -4.52. The zero-order chi connectivity index (χ0) is 23.0. The number of esters is 1. The number of rotatable bonds is 8. The molecule has 0 aliphatic rings. The van der Waals surface area contributed by atoms with E-state index in [9.17, 15) is 9.59 Å². The molecule has 164 valence electrons. The molecule has 0 atom stereocenters. The molecule has 4 rings (SSSR count). The van der Waals surface area contributed by atoms with Crippen LogP contribution in [-0.4, -0.2) is 40.2 Å². The molecule has 0 saturated heterocycles. The Morgan fingerprint density at radius 1 is 0.970 bits per heavy atom. The van der Waals surface area contributed by atoms with Gasteiger partial charge in [-0.15, -0.1) is 0 Å². The molecule has 4 aromatic rings. The number of para-hydroxylation sites is 1. The molecule has 2 heterocycles. The first kappa shape index (κ1) is 21.7. The molecular formula is C26H21N3O4. The summed E-state index contributed by atoms with van der Waals surface area (Å²) in [6, 6.07) is 20.1. The van der Waals surface area contributed by atoms with Crippen LogP contribution < -0.4 is 4.74 Å². The molecule has 0 radical (unpaired) electrons. The van der Waals surface area contributed by atoms with Gasteiger partial charge >= 0.3 is 5.97 Å². The van der Waals surface area contributed by atoms with Crippen molar-refractivity contribution in [2.75, 3.05) is 13.7 Å². The predicted molar refractivity (Wildman–Crippen MR) is 124 cm³/mol. The van der Waals surface area contributed by atoms with Crippen LogP contribution in [0.15, 0.2) is 91.4 Å². The quantitative estimate of drug-likeness (QED) is 0.230. The lowest BCUT2D eigenvalue weighted by molar-refractivity contribution is -0.142. The molecule has 7 nitrogen and oxygen atoms in total. The lowest BCUT2D eigenvalue weighted by Crippen LogP contribution is -2.12. The Morgan fingerprint density at radius 2 is 1.70 bits per heavy atom. The third kappa shape index (κ3) is 5.40. The smallest absolute Gasteiger partial charge is 0.343 e. The largest absolute Gasteiger partial charge is 0.482 e. The van der Waals surface area contributed by atoms with E-state index in [4.69, 9.17) is 9.84 Å². The number of carbonyl (C=O) groups is 2. The van der Waals surface area contributed by atoms with Gasteiger partial charge in [-0.2, -0.15) is 5.10 Å². The first-order valence-corrected chi connectivity index (χ1v) is 10.2. The molecule has 0 N–H and O–H groups in total. The topological polar surface area (TPSA) is 83.3 Å². The number of nitrogens with zero attached hydrogens (tertiary/aromatic N) is 3. The molecule has 2 aromatic heterocycles. The van der Waals surface area contributed by atoms with Crippen molar-refractivity contribution in [1.82, 2.24) is 14.8 Å². The third-order valence-corrected chi connectivity index (χ3v) is 4.85. The van der Waals surface area contributed by atoms with E-state index in [1.165, 1.54) is 13.2 Å². The molecule has 7 heteroatoms. The monoisotopic (exact) mass is 439 g/mol. The zero-order valence-corrected chi connectivity index (χ0v) is 17.9. The predicted octanol–water partition coefficient (Wildman–Crippen LogP) is 4.38. The zero-order valence-electron chi connectivity index (χ0n) is 17.9. The molecule has 0 aliphatic carbocycles. The minimum absolute atomic E-state index is 0.164. The Morgan fingerprint density at radius 3 is 2.39 bits per heavy atom. The van der Waals surface area contributed by atoms with Crippen LogP contribution in [0.2, 0.25) is 0 Å². The van der Waals surface area contributed by atoms with Crippen molar-refractivity contribution in [3.8, 4) is 22.7 Å². The minimum Gasteiger partial charge on any atom is -0.482 e. The maximum Gasteiger partial charge on any atom is 0.343 e. The Balaban J connectivity index is 1.56. The second-order valence-corrected chi connectivity index (χ2v) is 7.04. The Bertz CT molecular complexity index is 1260. The highest BCUT2D eigenvalue weighted by molar-refractivity contribution is 6.07. The number of ether oxygens (including phenoxy) is 2. The highest BCUT2D eigenvalue weighted by Gasteiger charge is 2.11. The molecule has 0 aliphatic heterocycles. The summed E-state index contributed by atoms with van der Waals surface area (Å²) in [4.78, 5) is 28.0. The number of aromatic nitrogens is 3.